The maximum atomic E-state index is 12.6. The van der Waals surface area contributed by atoms with Crippen LogP contribution in [0.2, 0.25) is 0 Å². The number of amides is 2. The molecule has 33 heavy (non-hydrogen) atoms. The smallest absolute Gasteiger partial charge is 0.286 e. The number of carbonyl (C=O) groups excluding carboxylic acids is 2. The van der Waals surface area contributed by atoms with Crippen molar-refractivity contribution in [3.8, 4) is 5.75 Å². The highest BCUT2D eigenvalue weighted by molar-refractivity contribution is 7.13. The molecule has 8 nitrogen and oxygen atoms in total. The van der Waals surface area contributed by atoms with E-state index in [0.717, 1.165) is 30.9 Å². The Kier molecular flexibility index (Phi) is 7.64. The van der Waals surface area contributed by atoms with Crippen LogP contribution in [0.25, 0.3) is 0 Å². The predicted molar refractivity (Wildman–Crippen MR) is 128 cm³/mol. The van der Waals surface area contributed by atoms with Gasteiger partial charge < -0.3 is 20.3 Å². The number of carbonyl (C=O) groups is 2. The molecule has 2 aromatic carbocycles. The number of nitrogens with one attached hydrogen (secondary N) is 2. The molecule has 0 saturated carbocycles. The van der Waals surface area contributed by atoms with Crippen molar-refractivity contribution in [3.05, 3.63) is 69.7 Å². The second-order valence-corrected chi connectivity index (χ2v) is 9.01. The molecule has 0 atom stereocenters. The molecule has 1 saturated heterocycles. The lowest BCUT2D eigenvalue weighted by molar-refractivity contribution is 0.0948. The van der Waals surface area contributed by atoms with E-state index < -0.39 is 0 Å². The monoisotopic (exact) mass is 465 g/mol. The Balaban J connectivity index is 1.28. The average Bonchev–Trinajstić information content (AvgIpc) is 3.50. The van der Waals surface area contributed by atoms with Crippen molar-refractivity contribution < 1.29 is 14.3 Å². The molecular formula is C24H27N5O3S. The summed E-state index contributed by atoms with van der Waals surface area (Å²) in [6.45, 7) is 5.89. The summed E-state index contributed by atoms with van der Waals surface area (Å²) in [5.74, 6) is 0.212. The largest absolute Gasteiger partial charge is 0.486 e. The fourth-order valence-corrected chi connectivity index (χ4v) is 4.26. The van der Waals surface area contributed by atoms with Crippen LogP contribution in [-0.4, -0.2) is 53.1 Å². The lowest BCUT2D eigenvalue weighted by Crippen LogP contribution is -2.33. The third-order valence-electron chi connectivity index (χ3n) is 5.31. The summed E-state index contributed by atoms with van der Waals surface area (Å²) >= 11 is 1.17. The SMILES string of the molecule is Cc1cccc(OCc2nnc(C(=O)Nc3cccc(C(=O)NCCN4CCCC4)c3)s2)c1. The molecule has 2 heterocycles. The highest BCUT2D eigenvalue weighted by Gasteiger charge is 2.15. The van der Waals surface area contributed by atoms with Gasteiger partial charge in [-0.1, -0.05) is 29.5 Å². The van der Waals surface area contributed by atoms with Gasteiger partial charge in [-0.25, -0.2) is 0 Å². The van der Waals surface area contributed by atoms with Crippen LogP contribution >= 0.6 is 11.3 Å². The molecule has 2 N–H and O–H groups in total. The maximum absolute atomic E-state index is 12.6. The number of benzene rings is 2. The van der Waals surface area contributed by atoms with Crippen LogP contribution in [-0.2, 0) is 6.61 Å². The molecule has 9 heteroatoms. The van der Waals surface area contributed by atoms with E-state index >= 15 is 0 Å². The lowest BCUT2D eigenvalue weighted by Gasteiger charge is -2.14. The first-order chi connectivity index (χ1) is 16.1. The first-order valence-electron chi connectivity index (χ1n) is 11.0. The number of aromatic nitrogens is 2. The highest BCUT2D eigenvalue weighted by Crippen LogP contribution is 2.18. The third kappa shape index (κ3) is 6.59. The molecular weight excluding hydrogens is 438 g/mol. The number of nitrogens with zero attached hydrogens (tertiary/aromatic N) is 3. The van der Waals surface area contributed by atoms with Crippen molar-refractivity contribution in [2.75, 3.05) is 31.5 Å². The molecule has 4 rings (SSSR count). The summed E-state index contributed by atoms with van der Waals surface area (Å²) in [5.41, 5.74) is 2.13. The minimum absolute atomic E-state index is 0.156. The number of aryl methyl sites for hydroxylation is 1. The van der Waals surface area contributed by atoms with Crippen molar-refractivity contribution in [1.29, 1.82) is 0 Å². The zero-order valence-electron chi connectivity index (χ0n) is 18.5. The van der Waals surface area contributed by atoms with Crippen molar-refractivity contribution in [2.45, 2.75) is 26.4 Å². The fraction of sp³-hybridized carbons (Fsp3) is 0.333. The third-order valence-corrected chi connectivity index (χ3v) is 6.20. The summed E-state index contributed by atoms with van der Waals surface area (Å²) < 4.78 is 5.72. The van der Waals surface area contributed by atoms with Crippen LogP contribution < -0.4 is 15.4 Å². The lowest BCUT2D eigenvalue weighted by atomic mass is 10.2. The summed E-state index contributed by atoms with van der Waals surface area (Å²) in [6, 6.07) is 14.6. The predicted octanol–water partition coefficient (Wildman–Crippen LogP) is 3.50. The Labute approximate surface area is 197 Å². The van der Waals surface area contributed by atoms with E-state index in [1.54, 1.807) is 24.3 Å². The minimum Gasteiger partial charge on any atom is -0.486 e. The molecule has 1 aliphatic heterocycles. The molecule has 1 aromatic heterocycles. The van der Waals surface area contributed by atoms with E-state index in [0.29, 0.717) is 22.8 Å². The second kappa shape index (κ2) is 11.0. The fourth-order valence-electron chi connectivity index (χ4n) is 3.61. The molecule has 0 spiro atoms. The summed E-state index contributed by atoms with van der Waals surface area (Å²) in [7, 11) is 0. The van der Waals surface area contributed by atoms with Gasteiger partial charge in [0.25, 0.3) is 11.8 Å². The molecule has 0 unspecified atom stereocenters. The first-order valence-corrected chi connectivity index (χ1v) is 11.8. The van der Waals surface area contributed by atoms with Crippen LogP contribution in [0.3, 0.4) is 0 Å². The summed E-state index contributed by atoms with van der Waals surface area (Å²) in [4.78, 5) is 27.4. The highest BCUT2D eigenvalue weighted by atomic mass is 32.1. The molecule has 0 bridgehead atoms. The Morgan fingerprint density at radius 1 is 1.06 bits per heavy atom. The Hall–Kier alpha value is -3.30. The summed E-state index contributed by atoms with van der Waals surface area (Å²) in [5, 5.41) is 14.6. The van der Waals surface area contributed by atoms with Gasteiger partial charge in [0, 0.05) is 24.3 Å². The van der Waals surface area contributed by atoms with Gasteiger partial charge in [-0.3, -0.25) is 9.59 Å². The molecule has 172 valence electrons. The van der Waals surface area contributed by atoms with Crippen LogP contribution in [0.4, 0.5) is 5.69 Å². The standard InChI is InChI=1S/C24H27N5O3S/c1-17-6-4-9-20(14-17)32-16-21-27-28-24(33-21)23(31)26-19-8-5-7-18(15-19)22(30)25-10-13-29-11-2-3-12-29/h4-9,14-15H,2-3,10-13,16H2,1H3,(H,25,30)(H,26,31). The average molecular weight is 466 g/mol. The van der Waals surface area contributed by atoms with Gasteiger partial charge in [-0.2, -0.15) is 0 Å². The van der Waals surface area contributed by atoms with Crippen LogP contribution in [0, 0.1) is 6.92 Å². The van der Waals surface area contributed by atoms with Crippen LogP contribution in [0.15, 0.2) is 48.5 Å². The van der Waals surface area contributed by atoms with E-state index in [-0.39, 0.29) is 23.4 Å². The first kappa shape index (κ1) is 22.9. The van der Waals surface area contributed by atoms with E-state index in [1.807, 2.05) is 31.2 Å². The van der Waals surface area contributed by atoms with Crippen molar-refractivity contribution in [2.24, 2.45) is 0 Å². The zero-order valence-corrected chi connectivity index (χ0v) is 19.4. The number of rotatable bonds is 9. The topological polar surface area (TPSA) is 96.5 Å². The molecule has 0 radical (unpaired) electrons. The summed E-state index contributed by atoms with van der Waals surface area (Å²) in [6.07, 6.45) is 2.46. The molecule has 1 fully saturated rings. The van der Waals surface area contributed by atoms with Gasteiger partial charge in [0.2, 0.25) is 5.01 Å². The van der Waals surface area contributed by atoms with Gasteiger partial charge >= 0.3 is 0 Å². The molecule has 3 aromatic rings. The van der Waals surface area contributed by atoms with Gasteiger partial charge in [0.05, 0.1) is 0 Å². The van der Waals surface area contributed by atoms with E-state index in [2.05, 4.69) is 25.7 Å². The normalized spacial score (nSPS) is 13.6. The number of ether oxygens (including phenoxy) is 1. The quantitative estimate of drug-likeness (QED) is 0.502. The van der Waals surface area contributed by atoms with E-state index in [4.69, 9.17) is 4.74 Å². The molecule has 2 amide bonds. The van der Waals surface area contributed by atoms with Gasteiger partial charge in [0.15, 0.2) is 5.01 Å². The van der Waals surface area contributed by atoms with Crippen LogP contribution in [0.1, 0.15) is 43.6 Å². The zero-order chi connectivity index (χ0) is 23.0. The van der Waals surface area contributed by atoms with Crippen molar-refractivity contribution >= 4 is 28.8 Å². The Bertz CT molecular complexity index is 1110. The van der Waals surface area contributed by atoms with Crippen molar-refractivity contribution in [3.63, 3.8) is 0 Å². The number of hydrogen-bond donors (Lipinski definition) is 2. The minimum atomic E-state index is -0.374. The van der Waals surface area contributed by atoms with Gasteiger partial charge in [0.1, 0.15) is 12.4 Å². The molecule has 0 aliphatic carbocycles. The Morgan fingerprint density at radius 2 is 1.88 bits per heavy atom. The number of hydrogen-bond acceptors (Lipinski definition) is 7. The van der Waals surface area contributed by atoms with Crippen molar-refractivity contribution in [1.82, 2.24) is 20.4 Å². The van der Waals surface area contributed by atoms with Crippen LogP contribution in [0.5, 0.6) is 5.75 Å². The molecule has 1 aliphatic rings. The second-order valence-electron chi connectivity index (χ2n) is 7.95. The number of likely N-dealkylation sites (tertiary alicyclic amines) is 1. The van der Waals surface area contributed by atoms with E-state index in [9.17, 15) is 9.59 Å². The maximum Gasteiger partial charge on any atom is 0.286 e. The van der Waals surface area contributed by atoms with Gasteiger partial charge in [-0.15, -0.1) is 10.2 Å². The number of anilines is 1. The Morgan fingerprint density at radius 3 is 2.70 bits per heavy atom. The van der Waals surface area contributed by atoms with E-state index in [1.165, 1.54) is 24.2 Å². The van der Waals surface area contributed by atoms with Gasteiger partial charge in [-0.05, 0) is 68.8 Å².